The standard InChI is InChI=1S/C13H18Br2N2O2/c1-3-4-5-10(16)13(18)17-11-7-12(19-2)9(15)6-8(11)14/h6-7,10H,3-5,16H2,1-2H3,(H,17,18)/t10-/m0/s1. The van der Waals surface area contributed by atoms with E-state index >= 15 is 0 Å². The van der Waals surface area contributed by atoms with Crippen molar-refractivity contribution in [1.29, 1.82) is 0 Å². The first-order valence-corrected chi connectivity index (χ1v) is 7.67. The van der Waals surface area contributed by atoms with Gasteiger partial charge in [-0.2, -0.15) is 0 Å². The summed E-state index contributed by atoms with van der Waals surface area (Å²) in [7, 11) is 1.58. The number of carbonyl (C=O) groups is 1. The van der Waals surface area contributed by atoms with Crippen molar-refractivity contribution in [1.82, 2.24) is 0 Å². The Hall–Kier alpha value is -0.590. The number of anilines is 1. The third-order valence-electron chi connectivity index (χ3n) is 2.70. The number of ether oxygens (including phenoxy) is 1. The number of carbonyl (C=O) groups excluding carboxylic acids is 1. The van der Waals surface area contributed by atoms with Gasteiger partial charge in [0.1, 0.15) is 5.75 Å². The molecule has 6 heteroatoms. The Balaban J connectivity index is 2.78. The molecular formula is C13H18Br2N2O2. The van der Waals surface area contributed by atoms with E-state index in [9.17, 15) is 4.79 Å². The molecule has 1 atom stereocenters. The van der Waals surface area contributed by atoms with Crippen molar-refractivity contribution in [2.45, 2.75) is 32.2 Å². The van der Waals surface area contributed by atoms with Crippen molar-refractivity contribution < 1.29 is 9.53 Å². The fourth-order valence-electron chi connectivity index (χ4n) is 1.56. The van der Waals surface area contributed by atoms with E-state index in [4.69, 9.17) is 10.5 Å². The topological polar surface area (TPSA) is 64.4 Å². The SMILES string of the molecule is CCCC[C@H](N)C(=O)Nc1cc(OC)c(Br)cc1Br. The number of halogens is 2. The van der Waals surface area contributed by atoms with Gasteiger partial charge in [0, 0.05) is 10.5 Å². The van der Waals surface area contributed by atoms with E-state index in [1.807, 2.05) is 6.07 Å². The van der Waals surface area contributed by atoms with Gasteiger partial charge in [-0.15, -0.1) is 0 Å². The molecule has 0 aliphatic rings. The maximum absolute atomic E-state index is 11.9. The van der Waals surface area contributed by atoms with Crippen LogP contribution in [0, 0.1) is 0 Å². The number of hydrogen-bond acceptors (Lipinski definition) is 3. The Morgan fingerprint density at radius 1 is 1.42 bits per heavy atom. The lowest BCUT2D eigenvalue weighted by Gasteiger charge is -2.14. The van der Waals surface area contributed by atoms with Crippen molar-refractivity contribution in [3.8, 4) is 5.75 Å². The molecule has 19 heavy (non-hydrogen) atoms. The Bertz CT molecular complexity index is 453. The van der Waals surface area contributed by atoms with Crippen LogP contribution >= 0.6 is 31.9 Å². The predicted molar refractivity (Wildman–Crippen MR) is 84.5 cm³/mol. The van der Waals surface area contributed by atoms with E-state index in [0.29, 0.717) is 17.9 Å². The largest absolute Gasteiger partial charge is 0.495 e. The minimum absolute atomic E-state index is 0.182. The molecule has 1 aromatic carbocycles. The minimum Gasteiger partial charge on any atom is -0.495 e. The third kappa shape index (κ3) is 4.78. The maximum Gasteiger partial charge on any atom is 0.241 e. The number of benzene rings is 1. The molecule has 0 radical (unpaired) electrons. The summed E-state index contributed by atoms with van der Waals surface area (Å²) >= 11 is 6.78. The first kappa shape index (κ1) is 16.5. The second-order valence-corrected chi connectivity index (χ2v) is 5.91. The number of unbranched alkanes of at least 4 members (excludes halogenated alkanes) is 1. The van der Waals surface area contributed by atoms with Crippen LogP contribution in [0.15, 0.2) is 21.1 Å². The van der Waals surface area contributed by atoms with Crippen molar-refractivity contribution in [2.75, 3.05) is 12.4 Å². The van der Waals surface area contributed by atoms with Gasteiger partial charge in [0.05, 0.1) is 23.3 Å². The smallest absolute Gasteiger partial charge is 0.241 e. The van der Waals surface area contributed by atoms with Gasteiger partial charge in [-0.25, -0.2) is 0 Å². The van der Waals surface area contributed by atoms with Crippen LogP contribution in [0.4, 0.5) is 5.69 Å². The zero-order chi connectivity index (χ0) is 14.4. The van der Waals surface area contributed by atoms with Gasteiger partial charge in [-0.05, 0) is 44.3 Å². The van der Waals surface area contributed by atoms with E-state index in [2.05, 4.69) is 44.1 Å². The molecule has 0 fully saturated rings. The molecular weight excluding hydrogens is 376 g/mol. The predicted octanol–water partition coefficient (Wildman–Crippen LogP) is 3.68. The molecule has 4 nitrogen and oxygen atoms in total. The van der Waals surface area contributed by atoms with Crippen molar-refractivity contribution in [3.63, 3.8) is 0 Å². The number of hydrogen-bond donors (Lipinski definition) is 2. The van der Waals surface area contributed by atoms with E-state index < -0.39 is 6.04 Å². The average Bonchev–Trinajstić information content (AvgIpc) is 2.38. The molecule has 1 aromatic rings. The Kier molecular flexibility index (Phi) is 6.82. The molecule has 0 unspecified atom stereocenters. The highest BCUT2D eigenvalue weighted by Gasteiger charge is 2.15. The van der Waals surface area contributed by atoms with Gasteiger partial charge >= 0.3 is 0 Å². The van der Waals surface area contributed by atoms with Crippen LogP contribution in [-0.4, -0.2) is 19.1 Å². The highest BCUT2D eigenvalue weighted by Crippen LogP contribution is 2.34. The van der Waals surface area contributed by atoms with Crippen molar-refractivity contribution in [2.24, 2.45) is 5.73 Å². The highest BCUT2D eigenvalue weighted by atomic mass is 79.9. The first-order chi connectivity index (χ1) is 8.99. The Labute approximate surface area is 130 Å². The summed E-state index contributed by atoms with van der Waals surface area (Å²) in [6.45, 7) is 2.07. The second-order valence-electron chi connectivity index (χ2n) is 4.20. The third-order valence-corrected chi connectivity index (χ3v) is 3.98. The zero-order valence-electron chi connectivity index (χ0n) is 11.0. The van der Waals surface area contributed by atoms with Gasteiger partial charge in [-0.3, -0.25) is 4.79 Å². The fourth-order valence-corrected chi connectivity index (χ4v) is 2.82. The minimum atomic E-state index is -0.485. The van der Waals surface area contributed by atoms with Gasteiger partial charge in [0.25, 0.3) is 0 Å². The lowest BCUT2D eigenvalue weighted by Crippen LogP contribution is -2.35. The number of amides is 1. The number of methoxy groups -OCH3 is 1. The first-order valence-electron chi connectivity index (χ1n) is 6.09. The average molecular weight is 394 g/mol. The maximum atomic E-state index is 11.9. The van der Waals surface area contributed by atoms with Crippen LogP contribution in [0.3, 0.4) is 0 Å². The normalized spacial score (nSPS) is 12.1. The molecule has 0 saturated heterocycles. The van der Waals surface area contributed by atoms with E-state index in [0.717, 1.165) is 21.8 Å². The quantitative estimate of drug-likeness (QED) is 0.774. The van der Waals surface area contributed by atoms with Crippen LogP contribution in [-0.2, 0) is 4.79 Å². The summed E-state index contributed by atoms with van der Waals surface area (Å²) in [6, 6.07) is 3.09. The van der Waals surface area contributed by atoms with Crippen molar-refractivity contribution >= 4 is 43.5 Å². The van der Waals surface area contributed by atoms with Crippen LogP contribution in [0.25, 0.3) is 0 Å². The van der Waals surface area contributed by atoms with Crippen molar-refractivity contribution in [3.05, 3.63) is 21.1 Å². The van der Waals surface area contributed by atoms with Gasteiger partial charge in [0.15, 0.2) is 0 Å². The molecule has 0 aliphatic heterocycles. The molecule has 0 aliphatic carbocycles. The molecule has 0 bridgehead atoms. The lowest BCUT2D eigenvalue weighted by molar-refractivity contribution is -0.117. The van der Waals surface area contributed by atoms with E-state index in [-0.39, 0.29) is 5.91 Å². The molecule has 3 N–H and O–H groups in total. The zero-order valence-corrected chi connectivity index (χ0v) is 14.2. The lowest BCUT2D eigenvalue weighted by atomic mass is 10.1. The summed E-state index contributed by atoms with van der Waals surface area (Å²) in [5, 5.41) is 2.81. The van der Waals surface area contributed by atoms with E-state index in [1.165, 1.54) is 0 Å². The Morgan fingerprint density at radius 2 is 2.11 bits per heavy atom. The van der Waals surface area contributed by atoms with Gasteiger partial charge in [-0.1, -0.05) is 19.8 Å². The number of nitrogens with one attached hydrogen (secondary N) is 1. The summed E-state index contributed by atoms with van der Waals surface area (Å²) in [4.78, 5) is 11.9. The van der Waals surface area contributed by atoms with Crippen LogP contribution < -0.4 is 15.8 Å². The summed E-state index contributed by atoms with van der Waals surface area (Å²) < 4.78 is 6.79. The molecule has 0 heterocycles. The van der Waals surface area contributed by atoms with Crippen LogP contribution in [0.2, 0.25) is 0 Å². The van der Waals surface area contributed by atoms with Crippen LogP contribution in [0.1, 0.15) is 26.2 Å². The van der Waals surface area contributed by atoms with E-state index in [1.54, 1.807) is 13.2 Å². The molecule has 0 spiro atoms. The van der Waals surface area contributed by atoms with Gasteiger partial charge in [0.2, 0.25) is 5.91 Å². The number of rotatable bonds is 6. The monoisotopic (exact) mass is 392 g/mol. The van der Waals surface area contributed by atoms with Crippen LogP contribution in [0.5, 0.6) is 5.75 Å². The molecule has 0 saturated carbocycles. The molecule has 0 aromatic heterocycles. The molecule has 1 rings (SSSR count). The summed E-state index contributed by atoms with van der Waals surface area (Å²) in [6.07, 6.45) is 2.66. The summed E-state index contributed by atoms with van der Waals surface area (Å²) in [5.74, 6) is 0.471. The molecule has 106 valence electrons. The molecule has 1 amide bonds. The summed E-state index contributed by atoms with van der Waals surface area (Å²) in [5.41, 5.74) is 6.48. The second kappa shape index (κ2) is 7.87. The van der Waals surface area contributed by atoms with Gasteiger partial charge < -0.3 is 15.8 Å². The Morgan fingerprint density at radius 3 is 2.68 bits per heavy atom. The highest BCUT2D eigenvalue weighted by molar-refractivity contribution is 9.11. The fraction of sp³-hybridized carbons (Fsp3) is 0.462. The number of nitrogens with two attached hydrogens (primary N) is 1.